The number of amides is 1. The van der Waals surface area contributed by atoms with E-state index >= 15 is 0 Å². The number of nitriles is 1. The van der Waals surface area contributed by atoms with Gasteiger partial charge in [-0.2, -0.15) is 15.3 Å². The number of anilines is 1. The van der Waals surface area contributed by atoms with Crippen molar-refractivity contribution >= 4 is 11.8 Å². The number of rotatable bonds is 2. The van der Waals surface area contributed by atoms with Gasteiger partial charge in [0.05, 0.1) is 11.9 Å². The van der Waals surface area contributed by atoms with Crippen molar-refractivity contribution in [3.8, 4) is 6.07 Å². The summed E-state index contributed by atoms with van der Waals surface area (Å²) in [5.74, 6) is 0. The van der Waals surface area contributed by atoms with E-state index in [1.54, 1.807) is 36.4 Å². The third-order valence-electron chi connectivity index (χ3n) is 2.32. The molecule has 0 aliphatic heterocycles. The Bertz CT molecular complexity index is 703. The van der Waals surface area contributed by atoms with Gasteiger partial charge in [0.15, 0.2) is 0 Å². The lowest BCUT2D eigenvalue weighted by molar-refractivity contribution is 0.199. The first-order chi connectivity index (χ1) is 9.13. The monoisotopic (exact) mass is 256 g/mol. The van der Waals surface area contributed by atoms with Crippen LogP contribution in [0.4, 0.5) is 10.5 Å². The maximum atomic E-state index is 11.3. The number of hydrogen-bond donors (Lipinski definition) is 1. The Morgan fingerprint density at radius 2 is 2.05 bits per heavy atom. The standard InChI is InChI=1S/C12H8N4O3/c13-6-9-7-15(8-14-11(9)17)16(12(18)19)10-4-2-1-3-5-10/h1-5,7-8H,(H,18,19). The summed E-state index contributed by atoms with van der Waals surface area (Å²) >= 11 is 0. The zero-order valence-electron chi connectivity index (χ0n) is 9.59. The van der Waals surface area contributed by atoms with E-state index in [0.717, 1.165) is 22.2 Å². The lowest BCUT2D eigenvalue weighted by Gasteiger charge is -2.21. The van der Waals surface area contributed by atoms with E-state index in [0.29, 0.717) is 5.69 Å². The third kappa shape index (κ3) is 2.42. The normalized spacial score (nSPS) is 9.63. The average Bonchev–Trinajstić information content (AvgIpc) is 2.41. The zero-order chi connectivity index (χ0) is 13.8. The van der Waals surface area contributed by atoms with Crippen molar-refractivity contribution in [2.45, 2.75) is 0 Å². The number of carboxylic acid groups (broad SMARTS) is 1. The Labute approximate surface area is 107 Å². The van der Waals surface area contributed by atoms with E-state index in [9.17, 15) is 14.7 Å². The van der Waals surface area contributed by atoms with Gasteiger partial charge in [0, 0.05) is 0 Å². The molecule has 2 aromatic rings. The highest BCUT2D eigenvalue weighted by atomic mass is 16.4. The molecule has 0 aliphatic carbocycles. The minimum Gasteiger partial charge on any atom is -0.463 e. The maximum absolute atomic E-state index is 11.3. The van der Waals surface area contributed by atoms with Crippen LogP contribution in [0.2, 0.25) is 0 Å². The topological polar surface area (TPSA) is 99.2 Å². The molecule has 0 bridgehead atoms. The van der Waals surface area contributed by atoms with Crippen LogP contribution in [0.1, 0.15) is 5.56 Å². The molecule has 19 heavy (non-hydrogen) atoms. The van der Waals surface area contributed by atoms with E-state index in [4.69, 9.17) is 5.26 Å². The van der Waals surface area contributed by atoms with Crippen LogP contribution < -0.4 is 10.6 Å². The predicted octanol–water partition coefficient (Wildman–Crippen LogP) is 1.06. The number of hydrogen-bond acceptors (Lipinski definition) is 4. The molecule has 1 aromatic carbocycles. The van der Waals surface area contributed by atoms with Crippen LogP contribution in [0.5, 0.6) is 0 Å². The molecule has 1 amide bonds. The Morgan fingerprint density at radius 3 is 2.63 bits per heavy atom. The lowest BCUT2D eigenvalue weighted by Crippen LogP contribution is -2.36. The summed E-state index contributed by atoms with van der Waals surface area (Å²) < 4.78 is 1.07. The Morgan fingerprint density at radius 1 is 1.37 bits per heavy atom. The molecule has 7 nitrogen and oxygen atoms in total. The van der Waals surface area contributed by atoms with Crippen LogP contribution in [-0.4, -0.2) is 20.9 Å². The van der Waals surface area contributed by atoms with Crippen LogP contribution in [0.25, 0.3) is 0 Å². The molecule has 0 saturated heterocycles. The molecule has 0 aliphatic rings. The highest BCUT2D eigenvalue weighted by molar-refractivity contribution is 5.85. The van der Waals surface area contributed by atoms with Crippen LogP contribution in [0.3, 0.4) is 0 Å². The Kier molecular flexibility index (Phi) is 3.25. The number of aromatic nitrogens is 2. The van der Waals surface area contributed by atoms with Crippen molar-refractivity contribution in [2.75, 3.05) is 5.01 Å². The third-order valence-corrected chi connectivity index (χ3v) is 2.32. The van der Waals surface area contributed by atoms with Crippen molar-refractivity contribution in [3.63, 3.8) is 0 Å². The quantitative estimate of drug-likeness (QED) is 0.866. The molecule has 7 heteroatoms. The van der Waals surface area contributed by atoms with Gasteiger partial charge in [-0.1, -0.05) is 18.2 Å². The first-order valence-electron chi connectivity index (χ1n) is 5.20. The average molecular weight is 256 g/mol. The van der Waals surface area contributed by atoms with Gasteiger partial charge in [-0.25, -0.2) is 9.47 Å². The molecule has 0 fully saturated rings. The summed E-state index contributed by atoms with van der Waals surface area (Å²) in [6.45, 7) is 0. The Balaban J connectivity index is 2.56. The molecule has 1 heterocycles. The number of nitrogens with zero attached hydrogens (tertiary/aromatic N) is 4. The van der Waals surface area contributed by atoms with Crippen LogP contribution in [0.15, 0.2) is 47.7 Å². The van der Waals surface area contributed by atoms with Crippen LogP contribution in [0, 0.1) is 11.3 Å². The van der Waals surface area contributed by atoms with Crippen LogP contribution >= 0.6 is 0 Å². The van der Waals surface area contributed by atoms with Gasteiger partial charge in [0.25, 0.3) is 5.56 Å². The fourth-order valence-electron chi connectivity index (χ4n) is 1.50. The first kappa shape index (κ1) is 12.3. The maximum Gasteiger partial charge on any atom is 0.431 e. The van der Waals surface area contributed by atoms with E-state index in [1.165, 1.54) is 0 Å². The molecule has 0 unspecified atom stereocenters. The SMILES string of the molecule is N#Cc1cn(N(C(=O)O)c2ccccc2)cnc1=O. The smallest absolute Gasteiger partial charge is 0.431 e. The second-order valence-electron chi connectivity index (χ2n) is 3.51. The summed E-state index contributed by atoms with van der Waals surface area (Å²) in [6, 6.07) is 9.92. The fourth-order valence-corrected chi connectivity index (χ4v) is 1.50. The molecule has 0 atom stereocenters. The molecule has 1 N–H and O–H groups in total. The highest BCUT2D eigenvalue weighted by Crippen LogP contribution is 2.14. The van der Waals surface area contributed by atoms with Crippen molar-refractivity contribution in [3.05, 3.63) is 58.8 Å². The zero-order valence-corrected chi connectivity index (χ0v) is 9.59. The molecular formula is C12H8N4O3. The van der Waals surface area contributed by atoms with Gasteiger partial charge >= 0.3 is 6.09 Å². The summed E-state index contributed by atoms with van der Waals surface area (Å²) in [5.41, 5.74) is -0.564. The molecule has 94 valence electrons. The van der Waals surface area contributed by atoms with Gasteiger partial charge in [-0.15, -0.1) is 0 Å². The first-order valence-corrected chi connectivity index (χ1v) is 5.20. The van der Waals surface area contributed by atoms with Gasteiger partial charge < -0.3 is 5.11 Å². The summed E-state index contributed by atoms with van der Waals surface area (Å²) in [7, 11) is 0. The highest BCUT2D eigenvalue weighted by Gasteiger charge is 2.16. The molecular weight excluding hydrogens is 248 g/mol. The van der Waals surface area contributed by atoms with E-state index in [-0.39, 0.29) is 5.56 Å². The molecule has 1 aromatic heterocycles. The molecule has 0 spiro atoms. The van der Waals surface area contributed by atoms with Crippen molar-refractivity contribution < 1.29 is 9.90 Å². The fraction of sp³-hybridized carbons (Fsp3) is 0. The predicted molar refractivity (Wildman–Crippen MR) is 65.6 cm³/mol. The minimum absolute atomic E-state index is 0.232. The number of benzene rings is 1. The van der Waals surface area contributed by atoms with Gasteiger partial charge in [-0.3, -0.25) is 4.79 Å². The van der Waals surface area contributed by atoms with Crippen molar-refractivity contribution in [1.82, 2.24) is 9.66 Å². The van der Waals surface area contributed by atoms with Gasteiger partial charge in [-0.05, 0) is 12.1 Å². The van der Waals surface area contributed by atoms with E-state index < -0.39 is 11.7 Å². The minimum atomic E-state index is -1.26. The summed E-state index contributed by atoms with van der Waals surface area (Å²) in [6.07, 6.45) is 0.904. The molecule has 2 rings (SSSR count). The molecule has 0 saturated carbocycles. The summed E-state index contributed by atoms with van der Waals surface area (Å²) in [5, 5.41) is 18.9. The lowest BCUT2D eigenvalue weighted by atomic mass is 10.3. The summed E-state index contributed by atoms with van der Waals surface area (Å²) in [4.78, 5) is 26.0. The van der Waals surface area contributed by atoms with Gasteiger partial charge in [0.2, 0.25) is 0 Å². The largest absolute Gasteiger partial charge is 0.463 e. The molecule has 0 radical (unpaired) electrons. The number of para-hydroxylation sites is 1. The number of carbonyl (C=O) groups is 1. The van der Waals surface area contributed by atoms with Gasteiger partial charge in [0.1, 0.15) is 18.0 Å². The Hall–Kier alpha value is -3.14. The second kappa shape index (κ2) is 5.01. The van der Waals surface area contributed by atoms with Crippen LogP contribution in [-0.2, 0) is 0 Å². The van der Waals surface area contributed by atoms with E-state index in [2.05, 4.69) is 4.98 Å². The van der Waals surface area contributed by atoms with Crippen molar-refractivity contribution in [2.24, 2.45) is 0 Å². The second-order valence-corrected chi connectivity index (χ2v) is 3.51. The van der Waals surface area contributed by atoms with Crippen molar-refractivity contribution in [1.29, 1.82) is 5.26 Å². The van der Waals surface area contributed by atoms with E-state index in [1.807, 2.05) is 0 Å².